The quantitative estimate of drug-likeness (QED) is 0.727. The standard InChI is InChI=1S/C8H8F3NO/c1-4(13)5-2-6(7(9)10)8(11)12-3-5/h2-4,7,13H,1H3. The molecular formula is C8H8F3NO. The molecule has 13 heavy (non-hydrogen) atoms. The lowest BCUT2D eigenvalue weighted by Gasteiger charge is -2.06. The van der Waals surface area contributed by atoms with Gasteiger partial charge < -0.3 is 5.11 Å². The number of aliphatic hydroxyl groups excluding tert-OH is 1. The van der Waals surface area contributed by atoms with Crippen LogP contribution in [0.1, 0.15) is 30.6 Å². The van der Waals surface area contributed by atoms with Crippen molar-refractivity contribution in [2.45, 2.75) is 19.5 Å². The Bertz CT molecular complexity index is 301. The smallest absolute Gasteiger partial charge is 0.268 e. The molecule has 0 aliphatic carbocycles. The molecule has 1 rings (SSSR count). The molecule has 72 valence electrons. The van der Waals surface area contributed by atoms with Crippen molar-refractivity contribution in [3.63, 3.8) is 0 Å². The minimum atomic E-state index is -2.91. The number of nitrogens with zero attached hydrogens (tertiary/aromatic N) is 1. The van der Waals surface area contributed by atoms with Gasteiger partial charge in [0.15, 0.2) is 0 Å². The third-order valence-corrected chi connectivity index (χ3v) is 1.60. The molecule has 1 atom stereocenters. The van der Waals surface area contributed by atoms with Crippen LogP contribution in [0.15, 0.2) is 12.3 Å². The summed E-state index contributed by atoms with van der Waals surface area (Å²) in [5.41, 5.74) is -0.602. The number of halogens is 3. The van der Waals surface area contributed by atoms with E-state index in [0.29, 0.717) is 0 Å². The zero-order valence-electron chi connectivity index (χ0n) is 6.84. The van der Waals surface area contributed by atoms with E-state index >= 15 is 0 Å². The molecule has 0 radical (unpaired) electrons. The molecule has 2 nitrogen and oxygen atoms in total. The molecule has 0 saturated carbocycles. The minimum Gasteiger partial charge on any atom is -0.389 e. The average molecular weight is 191 g/mol. The Morgan fingerprint density at radius 1 is 1.46 bits per heavy atom. The maximum atomic E-state index is 12.6. The molecule has 0 aliphatic heterocycles. The first-order chi connectivity index (χ1) is 6.02. The van der Waals surface area contributed by atoms with Crippen LogP contribution in [0.2, 0.25) is 0 Å². The first-order valence-corrected chi connectivity index (χ1v) is 3.64. The van der Waals surface area contributed by atoms with Crippen LogP contribution in [-0.2, 0) is 0 Å². The lowest BCUT2D eigenvalue weighted by molar-refractivity contribution is 0.144. The SMILES string of the molecule is CC(O)c1cnc(F)c(C(F)F)c1. The van der Waals surface area contributed by atoms with Crippen molar-refractivity contribution in [2.24, 2.45) is 0 Å². The summed E-state index contributed by atoms with van der Waals surface area (Å²) >= 11 is 0. The van der Waals surface area contributed by atoms with Crippen LogP contribution in [0, 0.1) is 5.95 Å². The van der Waals surface area contributed by atoms with E-state index < -0.39 is 24.0 Å². The average Bonchev–Trinajstić information content (AvgIpc) is 2.04. The summed E-state index contributed by atoms with van der Waals surface area (Å²) in [6.07, 6.45) is -2.80. The van der Waals surface area contributed by atoms with E-state index in [2.05, 4.69) is 4.98 Å². The van der Waals surface area contributed by atoms with Crippen LogP contribution in [0.4, 0.5) is 13.2 Å². The fraction of sp³-hybridized carbons (Fsp3) is 0.375. The summed E-state index contributed by atoms with van der Waals surface area (Å²) in [6, 6.07) is 0.914. The first-order valence-electron chi connectivity index (χ1n) is 3.64. The maximum Gasteiger partial charge on any atom is 0.268 e. The second-order valence-electron chi connectivity index (χ2n) is 2.63. The topological polar surface area (TPSA) is 33.1 Å². The highest BCUT2D eigenvalue weighted by Crippen LogP contribution is 2.23. The maximum absolute atomic E-state index is 12.6. The Hall–Kier alpha value is -1.10. The monoisotopic (exact) mass is 191 g/mol. The number of hydrogen-bond donors (Lipinski definition) is 1. The minimum absolute atomic E-state index is 0.178. The summed E-state index contributed by atoms with van der Waals surface area (Å²) in [4.78, 5) is 3.11. The molecule has 1 heterocycles. The number of pyridine rings is 1. The van der Waals surface area contributed by atoms with E-state index in [1.54, 1.807) is 0 Å². The number of aliphatic hydroxyl groups is 1. The van der Waals surface area contributed by atoms with Gasteiger partial charge in [-0.2, -0.15) is 4.39 Å². The van der Waals surface area contributed by atoms with Crippen molar-refractivity contribution in [3.05, 3.63) is 29.3 Å². The third-order valence-electron chi connectivity index (χ3n) is 1.60. The van der Waals surface area contributed by atoms with Crippen LogP contribution in [0.3, 0.4) is 0 Å². The molecular weight excluding hydrogens is 183 g/mol. The lowest BCUT2D eigenvalue weighted by atomic mass is 10.1. The van der Waals surface area contributed by atoms with E-state index in [1.165, 1.54) is 6.92 Å². The van der Waals surface area contributed by atoms with Gasteiger partial charge in [0.2, 0.25) is 5.95 Å². The van der Waals surface area contributed by atoms with E-state index in [-0.39, 0.29) is 5.56 Å². The normalized spacial score (nSPS) is 13.4. The number of alkyl halides is 2. The highest BCUT2D eigenvalue weighted by Gasteiger charge is 2.16. The van der Waals surface area contributed by atoms with Gasteiger partial charge in [0.1, 0.15) is 0 Å². The van der Waals surface area contributed by atoms with E-state index in [9.17, 15) is 13.2 Å². The Morgan fingerprint density at radius 3 is 2.54 bits per heavy atom. The molecule has 1 N–H and O–H groups in total. The van der Waals surface area contributed by atoms with Gasteiger partial charge in [-0.3, -0.25) is 0 Å². The largest absolute Gasteiger partial charge is 0.389 e. The van der Waals surface area contributed by atoms with Crippen LogP contribution in [0.25, 0.3) is 0 Å². The van der Waals surface area contributed by atoms with Crippen molar-refractivity contribution in [1.82, 2.24) is 4.98 Å². The lowest BCUT2D eigenvalue weighted by Crippen LogP contribution is -1.99. The molecule has 0 aromatic carbocycles. The Labute approximate surface area is 73.0 Å². The number of rotatable bonds is 2. The highest BCUT2D eigenvalue weighted by molar-refractivity contribution is 5.21. The summed E-state index contributed by atoms with van der Waals surface area (Å²) in [5, 5.41) is 9.01. The Balaban J connectivity index is 3.11. The Morgan fingerprint density at radius 2 is 2.08 bits per heavy atom. The molecule has 0 spiro atoms. The predicted octanol–water partition coefficient (Wildman–Crippen LogP) is 2.21. The predicted molar refractivity (Wildman–Crippen MR) is 39.8 cm³/mol. The summed E-state index contributed by atoms with van der Waals surface area (Å²) in [7, 11) is 0. The van der Waals surface area contributed by atoms with Crippen LogP contribution in [0.5, 0.6) is 0 Å². The van der Waals surface area contributed by atoms with Gasteiger partial charge in [-0.15, -0.1) is 0 Å². The molecule has 5 heteroatoms. The Kier molecular flexibility index (Phi) is 2.87. The van der Waals surface area contributed by atoms with Gasteiger partial charge in [-0.1, -0.05) is 0 Å². The third kappa shape index (κ3) is 2.18. The fourth-order valence-corrected chi connectivity index (χ4v) is 0.864. The molecule has 0 saturated heterocycles. The van der Waals surface area contributed by atoms with Gasteiger partial charge in [0, 0.05) is 6.20 Å². The van der Waals surface area contributed by atoms with Crippen molar-refractivity contribution in [1.29, 1.82) is 0 Å². The molecule has 1 aromatic rings. The van der Waals surface area contributed by atoms with Gasteiger partial charge in [0.25, 0.3) is 6.43 Å². The second-order valence-corrected chi connectivity index (χ2v) is 2.63. The first kappa shape index (κ1) is 9.98. The van der Waals surface area contributed by atoms with Gasteiger partial charge in [0.05, 0.1) is 11.7 Å². The molecule has 0 amide bonds. The number of hydrogen-bond acceptors (Lipinski definition) is 2. The van der Waals surface area contributed by atoms with Crippen molar-refractivity contribution >= 4 is 0 Å². The van der Waals surface area contributed by atoms with Crippen LogP contribution >= 0.6 is 0 Å². The molecule has 1 unspecified atom stereocenters. The summed E-state index contributed by atoms with van der Waals surface area (Å²) in [5.74, 6) is -1.20. The molecule has 0 bridgehead atoms. The molecule has 0 aliphatic rings. The van der Waals surface area contributed by atoms with E-state index in [0.717, 1.165) is 12.3 Å². The van der Waals surface area contributed by atoms with Gasteiger partial charge >= 0.3 is 0 Å². The molecule has 0 fully saturated rings. The fourth-order valence-electron chi connectivity index (χ4n) is 0.864. The van der Waals surface area contributed by atoms with Gasteiger partial charge in [-0.25, -0.2) is 13.8 Å². The van der Waals surface area contributed by atoms with E-state index in [4.69, 9.17) is 5.11 Å². The molecule has 1 aromatic heterocycles. The summed E-state index contributed by atoms with van der Waals surface area (Å²) < 4.78 is 36.8. The second kappa shape index (κ2) is 3.74. The van der Waals surface area contributed by atoms with Gasteiger partial charge in [-0.05, 0) is 18.6 Å². The highest BCUT2D eigenvalue weighted by atomic mass is 19.3. The van der Waals surface area contributed by atoms with Crippen molar-refractivity contribution in [3.8, 4) is 0 Å². The van der Waals surface area contributed by atoms with Crippen molar-refractivity contribution < 1.29 is 18.3 Å². The zero-order chi connectivity index (χ0) is 10.0. The number of aromatic nitrogens is 1. The van der Waals surface area contributed by atoms with E-state index in [1.807, 2.05) is 0 Å². The summed E-state index contributed by atoms with van der Waals surface area (Å²) in [6.45, 7) is 1.39. The van der Waals surface area contributed by atoms with Crippen molar-refractivity contribution in [2.75, 3.05) is 0 Å². The van der Waals surface area contributed by atoms with Crippen LogP contribution in [-0.4, -0.2) is 10.1 Å². The van der Waals surface area contributed by atoms with Crippen LogP contribution < -0.4 is 0 Å². The zero-order valence-corrected chi connectivity index (χ0v) is 6.84.